The highest BCUT2D eigenvalue weighted by Gasteiger charge is 2.29. The van der Waals surface area contributed by atoms with E-state index >= 15 is 0 Å². The van der Waals surface area contributed by atoms with Crippen molar-refractivity contribution < 1.29 is 14.3 Å². The predicted octanol–water partition coefficient (Wildman–Crippen LogP) is 2.67. The van der Waals surface area contributed by atoms with Crippen LogP contribution in [0.1, 0.15) is 38.8 Å². The minimum absolute atomic E-state index is 0.0561. The van der Waals surface area contributed by atoms with Gasteiger partial charge in [0.2, 0.25) is 0 Å². The lowest BCUT2D eigenvalue weighted by Crippen LogP contribution is -2.32. The summed E-state index contributed by atoms with van der Waals surface area (Å²) in [5.41, 5.74) is 6.37. The third kappa shape index (κ3) is 4.24. The van der Waals surface area contributed by atoms with E-state index in [0.29, 0.717) is 0 Å². The Morgan fingerprint density at radius 2 is 1.89 bits per heavy atom. The maximum Gasteiger partial charge on any atom is 0.314 e. The maximum atomic E-state index is 11.5. The van der Waals surface area contributed by atoms with Gasteiger partial charge >= 0.3 is 5.97 Å². The van der Waals surface area contributed by atoms with Gasteiger partial charge in [-0.1, -0.05) is 19.1 Å². The zero-order valence-electron chi connectivity index (χ0n) is 12.1. The van der Waals surface area contributed by atoms with Crippen molar-refractivity contribution in [2.45, 2.75) is 33.2 Å². The highest BCUT2D eigenvalue weighted by Crippen LogP contribution is 2.22. The fourth-order valence-electron chi connectivity index (χ4n) is 1.65. The number of benzene rings is 1. The maximum absolute atomic E-state index is 11.5. The molecule has 0 bridgehead atoms. The average molecular weight is 265 g/mol. The molecule has 1 unspecified atom stereocenters. The van der Waals surface area contributed by atoms with Gasteiger partial charge in [-0.05, 0) is 38.0 Å². The van der Waals surface area contributed by atoms with E-state index in [2.05, 4.69) is 0 Å². The summed E-state index contributed by atoms with van der Waals surface area (Å²) in [7, 11) is 1.38. The van der Waals surface area contributed by atoms with Gasteiger partial charge in [0.15, 0.2) is 0 Å². The Bertz CT molecular complexity index is 412. The molecule has 0 aromatic heterocycles. The van der Waals surface area contributed by atoms with Crippen LogP contribution in [0, 0.1) is 5.41 Å². The van der Waals surface area contributed by atoms with Crippen LogP contribution in [0.25, 0.3) is 0 Å². The lowest BCUT2D eigenvalue weighted by Gasteiger charge is -2.21. The highest BCUT2D eigenvalue weighted by atomic mass is 16.5. The number of hydrogen-bond donors (Lipinski definition) is 1. The summed E-state index contributed by atoms with van der Waals surface area (Å²) in [5.74, 6) is 0.446. The summed E-state index contributed by atoms with van der Waals surface area (Å²) in [4.78, 5) is 11.5. The fourth-order valence-corrected chi connectivity index (χ4v) is 1.65. The van der Waals surface area contributed by atoms with E-state index in [9.17, 15) is 4.79 Å². The molecule has 4 nitrogen and oxygen atoms in total. The van der Waals surface area contributed by atoms with E-state index < -0.39 is 5.41 Å². The van der Waals surface area contributed by atoms with Crippen molar-refractivity contribution >= 4 is 5.97 Å². The molecule has 1 atom stereocenters. The largest absolute Gasteiger partial charge is 0.492 e. The first-order valence-corrected chi connectivity index (χ1v) is 6.47. The molecule has 0 radical (unpaired) electrons. The van der Waals surface area contributed by atoms with Crippen molar-refractivity contribution in [2.24, 2.45) is 11.1 Å². The lowest BCUT2D eigenvalue weighted by molar-refractivity contribution is -0.152. The molecular formula is C15H23NO3. The van der Waals surface area contributed by atoms with E-state index in [0.717, 1.165) is 17.7 Å². The molecule has 0 amide bonds. The smallest absolute Gasteiger partial charge is 0.314 e. The van der Waals surface area contributed by atoms with E-state index in [1.165, 1.54) is 7.11 Å². The van der Waals surface area contributed by atoms with Gasteiger partial charge in [-0.2, -0.15) is 0 Å². The Labute approximate surface area is 114 Å². The Kier molecular flexibility index (Phi) is 5.36. The van der Waals surface area contributed by atoms with Crippen LogP contribution in [0.4, 0.5) is 0 Å². The van der Waals surface area contributed by atoms with Gasteiger partial charge in [0.1, 0.15) is 12.4 Å². The number of esters is 1. The second-order valence-electron chi connectivity index (χ2n) is 5.25. The van der Waals surface area contributed by atoms with Crippen LogP contribution >= 0.6 is 0 Å². The molecule has 19 heavy (non-hydrogen) atoms. The molecule has 1 aromatic rings. The molecule has 0 fully saturated rings. The number of carbonyl (C=O) groups is 1. The van der Waals surface area contributed by atoms with Crippen molar-refractivity contribution in [1.82, 2.24) is 0 Å². The predicted molar refractivity (Wildman–Crippen MR) is 75.0 cm³/mol. The number of carbonyl (C=O) groups excluding carboxylic acids is 1. The van der Waals surface area contributed by atoms with Crippen LogP contribution in [0.5, 0.6) is 5.75 Å². The fraction of sp³-hybridized carbons (Fsp3) is 0.533. The molecule has 0 saturated carbocycles. The topological polar surface area (TPSA) is 61.5 Å². The number of hydrogen-bond acceptors (Lipinski definition) is 4. The van der Waals surface area contributed by atoms with Crippen molar-refractivity contribution in [3.05, 3.63) is 29.8 Å². The van der Waals surface area contributed by atoms with Crippen molar-refractivity contribution in [3.63, 3.8) is 0 Å². The Balaban J connectivity index is 2.62. The number of ether oxygens (including phenoxy) is 2. The summed E-state index contributed by atoms with van der Waals surface area (Å²) in [6.07, 6.45) is 0.898. The van der Waals surface area contributed by atoms with Gasteiger partial charge in [-0.3, -0.25) is 4.79 Å². The second-order valence-corrected chi connectivity index (χ2v) is 5.25. The first-order valence-electron chi connectivity index (χ1n) is 6.47. The first kappa shape index (κ1) is 15.5. The summed E-state index contributed by atoms with van der Waals surface area (Å²) in [6, 6.07) is 7.71. The van der Waals surface area contributed by atoms with Crippen LogP contribution in [-0.2, 0) is 9.53 Å². The monoisotopic (exact) mass is 265 g/mol. The van der Waals surface area contributed by atoms with Crippen molar-refractivity contribution in [1.29, 1.82) is 0 Å². The molecule has 0 spiro atoms. The molecule has 1 rings (SSSR count). The number of nitrogens with two attached hydrogens (primary N) is 1. The zero-order chi connectivity index (χ0) is 14.5. The van der Waals surface area contributed by atoms with Gasteiger partial charge in [-0.15, -0.1) is 0 Å². The van der Waals surface area contributed by atoms with Gasteiger partial charge in [0, 0.05) is 6.04 Å². The Morgan fingerprint density at radius 3 is 2.37 bits per heavy atom. The van der Waals surface area contributed by atoms with Crippen LogP contribution < -0.4 is 10.5 Å². The zero-order valence-corrected chi connectivity index (χ0v) is 12.1. The van der Waals surface area contributed by atoms with Crippen LogP contribution in [0.3, 0.4) is 0 Å². The van der Waals surface area contributed by atoms with Crippen molar-refractivity contribution in [3.8, 4) is 5.75 Å². The van der Waals surface area contributed by atoms with E-state index in [1.54, 1.807) is 13.8 Å². The van der Waals surface area contributed by atoms with E-state index in [1.807, 2.05) is 31.2 Å². The summed E-state index contributed by atoms with van der Waals surface area (Å²) in [6.45, 7) is 5.91. The van der Waals surface area contributed by atoms with Crippen LogP contribution in [0.15, 0.2) is 24.3 Å². The molecule has 4 heteroatoms. The number of methoxy groups -OCH3 is 1. The minimum Gasteiger partial charge on any atom is -0.492 e. The summed E-state index contributed by atoms with van der Waals surface area (Å²) < 4.78 is 10.4. The standard InChI is InChI=1S/C15H23NO3/c1-5-13(16)11-6-8-12(9-7-11)19-10-15(2,3)14(17)18-4/h6-9,13H,5,10,16H2,1-4H3. The molecule has 0 aliphatic heterocycles. The van der Waals surface area contributed by atoms with Crippen molar-refractivity contribution in [2.75, 3.05) is 13.7 Å². The third-order valence-corrected chi connectivity index (χ3v) is 3.09. The van der Waals surface area contributed by atoms with E-state index in [-0.39, 0.29) is 18.6 Å². The average Bonchev–Trinajstić information content (AvgIpc) is 2.43. The Morgan fingerprint density at radius 1 is 1.32 bits per heavy atom. The molecule has 2 N–H and O–H groups in total. The van der Waals surface area contributed by atoms with Gasteiger partial charge in [0.25, 0.3) is 0 Å². The summed E-state index contributed by atoms with van der Waals surface area (Å²) in [5, 5.41) is 0. The van der Waals surface area contributed by atoms with Crippen LogP contribution in [0.2, 0.25) is 0 Å². The van der Waals surface area contributed by atoms with Gasteiger partial charge in [-0.25, -0.2) is 0 Å². The highest BCUT2D eigenvalue weighted by molar-refractivity contribution is 5.75. The molecule has 0 aliphatic carbocycles. The first-order chi connectivity index (χ1) is 8.90. The second kappa shape index (κ2) is 6.57. The van der Waals surface area contributed by atoms with E-state index in [4.69, 9.17) is 15.2 Å². The number of rotatable bonds is 6. The normalized spacial score (nSPS) is 12.9. The lowest BCUT2D eigenvalue weighted by atomic mass is 9.95. The molecule has 0 aliphatic rings. The summed E-state index contributed by atoms with van der Waals surface area (Å²) >= 11 is 0. The van der Waals surface area contributed by atoms with Gasteiger partial charge < -0.3 is 15.2 Å². The minimum atomic E-state index is -0.659. The molecule has 1 aromatic carbocycles. The quantitative estimate of drug-likeness (QED) is 0.803. The third-order valence-electron chi connectivity index (χ3n) is 3.09. The molecular weight excluding hydrogens is 242 g/mol. The Hall–Kier alpha value is -1.55. The SMILES string of the molecule is CCC(N)c1ccc(OCC(C)(C)C(=O)OC)cc1. The molecule has 106 valence electrons. The van der Waals surface area contributed by atoms with Gasteiger partial charge in [0.05, 0.1) is 12.5 Å². The van der Waals surface area contributed by atoms with Crippen LogP contribution in [-0.4, -0.2) is 19.7 Å². The molecule has 0 heterocycles. The molecule has 0 saturated heterocycles.